The van der Waals surface area contributed by atoms with Crippen molar-refractivity contribution >= 4 is 11.8 Å². The van der Waals surface area contributed by atoms with Gasteiger partial charge in [0, 0.05) is 31.7 Å². The van der Waals surface area contributed by atoms with Gasteiger partial charge < -0.3 is 9.80 Å². The first-order valence-corrected chi connectivity index (χ1v) is 9.25. The molecule has 1 aromatic rings. The fourth-order valence-corrected chi connectivity index (χ4v) is 4.61. The van der Waals surface area contributed by atoms with E-state index in [1.807, 2.05) is 28.0 Å². The van der Waals surface area contributed by atoms with E-state index in [1.165, 1.54) is 12.8 Å². The Hall–Kier alpha value is -1.91. The van der Waals surface area contributed by atoms with Crippen LogP contribution in [0.25, 0.3) is 0 Å². The van der Waals surface area contributed by atoms with E-state index < -0.39 is 0 Å². The maximum absolute atomic E-state index is 13.1. The molecule has 3 heterocycles. The van der Waals surface area contributed by atoms with Crippen LogP contribution in [0.1, 0.15) is 56.7 Å². The number of carbonyl (C=O) groups is 2. The lowest BCUT2D eigenvalue weighted by Gasteiger charge is -2.28. The second kappa shape index (κ2) is 6.54. The molecule has 0 aromatic carbocycles. The Morgan fingerprint density at radius 3 is 2.71 bits per heavy atom. The number of rotatable bonds is 3. The smallest absolute Gasteiger partial charge is 0.228 e. The van der Waals surface area contributed by atoms with E-state index in [0.29, 0.717) is 19.0 Å². The van der Waals surface area contributed by atoms with E-state index in [1.54, 1.807) is 6.20 Å². The first kappa shape index (κ1) is 15.6. The number of nitrogens with zero attached hydrogens (tertiary/aromatic N) is 3. The Morgan fingerprint density at radius 2 is 1.96 bits per heavy atom. The van der Waals surface area contributed by atoms with E-state index in [4.69, 9.17) is 0 Å². The molecule has 5 heteroatoms. The van der Waals surface area contributed by atoms with Gasteiger partial charge in [-0.25, -0.2) is 0 Å². The average Bonchev–Trinajstić information content (AvgIpc) is 3.35. The van der Waals surface area contributed by atoms with Crippen molar-refractivity contribution in [1.82, 2.24) is 14.8 Å². The van der Waals surface area contributed by atoms with Crippen molar-refractivity contribution in [2.75, 3.05) is 13.1 Å². The minimum absolute atomic E-state index is 0.0781. The van der Waals surface area contributed by atoms with E-state index in [-0.39, 0.29) is 23.8 Å². The Kier molecular flexibility index (Phi) is 4.25. The standard InChI is InChI=1S/C19H25N3O2/c23-18-12-14(13-22(18)15-6-1-2-7-15)19(24)21-11-5-9-17(21)16-8-3-4-10-20-16/h3-4,8,10,14-15,17H,1-2,5-7,9,11-13H2/t14-,17+/m0/s1. The number of carbonyl (C=O) groups excluding carboxylic acids is 2. The first-order valence-electron chi connectivity index (χ1n) is 9.25. The molecule has 4 rings (SSSR count). The first-order chi connectivity index (χ1) is 11.7. The molecule has 1 aliphatic carbocycles. The van der Waals surface area contributed by atoms with Crippen molar-refractivity contribution in [2.24, 2.45) is 5.92 Å². The summed E-state index contributed by atoms with van der Waals surface area (Å²) in [5.74, 6) is 0.160. The predicted molar refractivity (Wildman–Crippen MR) is 90.0 cm³/mol. The van der Waals surface area contributed by atoms with Gasteiger partial charge in [-0.1, -0.05) is 18.9 Å². The molecule has 3 fully saturated rings. The second-order valence-corrected chi connectivity index (χ2v) is 7.33. The van der Waals surface area contributed by atoms with Crippen molar-refractivity contribution < 1.29 is 9.59 Å². The van der Waals surface area contributed by atoms with Crippen LogP contribution in [0.15, 0.2) is 24.4 Å². The molecule has 0 unspecified atom stereocenters. The van der Waals surface area contributed by atoms with Crippen LogP contribution >= 0.6 is 0 Å². The summed E-state index contributed by atoms with van der Waals surface area (Å²) in [6, 6.07) is 6.33. The molecule has 2 aliphatic heterocycles. The van der Waals surface area contributed by atoms with Gasteiger partial charge in [-0.2, -0.15) is 0 Å². The Balaban J connectivity index is 1.46. The largest absolute Gasteiger partial charge is 0.339 e. The molecule has 2 saturated heterocycles. The van der Waals surface area contributed by atoms with E-state index in [0.717, 1.165) is 37.9 Å². The fraction of sp³-hybridized carbons (Fsp3) is 0.632. The van der Waals surface area contributed by atoms with Gasteiger partial charge in [0.15, 0.2) is 0 Å². The van der Waals surface area contributed by atoms with Gasteiger partial charge in [0.25, 0.3) is 0 Å². The van der Waals surface area contributed by atoms with Crippen LogP contribution in [0.4, 0.5) is 0 Å². The van der Waals surface area contributed by atoms with Gasteiger partial charge in [-0.05, 0) is 37.8 Å². The molecular formula is C19H25N3O2. The molecule has 5 nitrogen and oxygen atoms in total. The molecule has 1 saturated carbocycles. The van der Waals surface area contributed by atoms with Crippen LogP contribution in [0, 0.1) is 5.92 Å². The minimum Gasteiger partial charge on any atom is -0.339 e. The third-order valence-corrected chi connectivity index (χ3v) is 5.84. The number of hydrogen-bond acceptors (Lipinski definition) is 3. The highest BCUT2D eigenvalue weighted by Gasteiger charge is 2.42. The molecule has 0 radical (unpaired) electrons. The number of hydrogen-bond donors (Lipinski definition) is 0. The summed E-state index contributed by atoms with van der Waals surface area (Å²) in [4.78, 5) is 33.8. The third-order valence-electron chi connectivity index (χ3n) is 5.84. The van der Waals surface area contributed by atoms with Crippen molar-refractivity contribution in [3.05, 3.63) is 30.1 Å². The quantitative estimate of drug-likeness (QED) is 0.857. The van der Waals surface area contributed by atoms with Gasteiger partial charge in [0.1, 0.15) is 0 Å². The molecule has 0 N–H and O–H groups in total. The monoisotopic (exact) mass is 327 g/mol. The van der Waals surface area contributed by atoms with Crippen LogP contribution in [0.5, 0.6) is 0 Å². The number of likely N-dealkylation sites (tertiary alicyclic amines) is 2. The zero-order chi connectivity index (χ0) is 16.5. The van der Waals surface area contributed by atoms with Crippen molar-refractivity contribution in [3.8, 4) is 0 Å². The van der Waals surface area contributed by atoms with Crippen molar-refractivity contribution in [2.45, 2.75) is 57.0 Å². The normalized spacial score (nSPS) is 28.1. The Bertz CT molecular complexity index is 612. The van der Waals surface area contributed by atoms with Crippen molar-refractivity contribution in [1.29, 1.82) is 0 Å². The van der Waals surface area contributed by atoms with Crippen LogP contribution in [-0.4, -0.2) is 45.7 Å². The maximum atomic E-state index is 13.1. The lowest BCUT2D eigenvalue weighted by Crippen LogP contribution is -2.39. The van der Waals surface area contributed by atoms with E-state index in [9.17, 15) is 9.59 Å². The van der Waals surface area contributed by atoms with Gasteiger partial charge in [0.2, 0.25) is 11.8 Å². The molecule has 0 spiro atoms. The number of aromatic nitrogens is 1. The molecule has 128 valence electrons. The summed E-state index contributed by atoms with van der Waals surface area (Å²) in [5, 5.41) is 0. The Morgan fingerprint density at radius 1 is 1.12 bits per heavy atom. The van der Waals surface area contributed by atoms with Crippen LogP contribution < -0.4 is 0 Å². The van der Waals surface area contributed by atoms with Crippen molar-refractivity contribution in [3.63, 3.8) is 0 Å². The fourth-order valence-electron chi connectivity index (χ4n) is 4.61. The van der Waals surface area contributed by atoms with Crippen LogP contribution in [0.3, 0.4) is 0 Å². The van der Waals surface area contributed by atoms with E-state index in [2.05, 4.69) is 4.98 Å². The molecule has 1 aromatic heterocycles. The van der Waals surface area contributed by atoms with E-state index >= 15 is 0 Å². The lowest BCUT2D eigenvalue weighted by atomic mass is 10.1. The molecule has 2 atom stereocenters. The summed E-state index contributed by atoms with van der Waals surface area (Å²) < 4.78 is 0. The topological polar surface area (TPSA) is 53.5 Å². The zero-order valence-electron chi connectivity index (χ0n) is 14.1. The second-order valence-electron chi connectivity index (χ2n) is 7.33. The molecule has 24 heavy (non-hydrogen) atoms. The summed E-state index contributed by atoms with van der Waals surface area (Å²) in [5.41, 5.74) is 0.973. The average molecular weight is 327 g/mol. The minimum atomic E-state index is -0.164. The van der Waals surface area contributed by atoms with Gasteiger partial charge in [-0.3, -0.25) is 14.6 Å². The maximum Gasteiger partial charge on any atom is 0.228 e. The Labute approximate surface area is 143 Å². The summed E-state index contributed by atoms with van der Waals surface area (Å²) in [7, 11) is 0. The molecule has 0 bridgehead atoms. The zero-order valence-corrected chi connectivity index (χ0v) is 14.1. The van der Waals surface area contributed by atoms with Gasteiger partial charge >= 0.3 is 0 Å². The highest BCUT2D eigenvalue weighted by atomic mass is 16.2. The molecular weight excluding hydrogens is 302 g/mol. The number of amides is 2. The molecule has 3 aliphatic rings. The molecule has 2 amide bonds. The summed E-state index contributed by atoms with van der Waals surface area (Å²) >= 11 is 0. The third kappa shape index (κ3) is 2.80. The highest BCUT2D eigenvalue weighted by Crippen LogP contribution is 2.35. The SMILES string of the molecule is O=C1C[C@H](C(=O)N2CCC[C@@H]2c2ccccn2)CN1C1CCCC1. The lowest BCUT2D eigenvalue weighted by molar-refractivity contribution is -0.136. The summed E-state index contributed by atoms with van der Waals surface area (Å²) in [6.07, 6.45) is 8.79. The van der Waals surface area contributed by atoms with Gasteiger partial charge in [0.05, 0.1) is 17.7 Å². The van der Waals surface area contributed by atoms with Crippen LogP contribution in [-0.2, 0) is 9.59 Å². The predicted octanol–water partition coefficient (Wildman–Crippen LogP) is 2.54. The summed E-state index contributed by atoms with van der Waals surface area (Å²) in [6.45, 7) is 1.40. The van der Waals surface area contributed by atoms with Gasteiger partial charge in [-0.15, -0.1) is 0 Å². The van der Waals surface area contributed by atoms with Crippen LogP contribution in [0.2, 0.25) is 0 Å². The number of pyridine rings is 1. The highest BCUT2D eigenvalue weighted by molar-refractivity contribution is 5.89.